The molecule has 0 spiro atoms. The molecule has 0 aliphatic carbocycles. The van der Waals surface area contributed by atoms with Crippen molar-refractivity contribution < 1.29 is 14.4 Å². The van der Waals surface area contributed by atoms with Gasteiger partial charge in [0.15, 0.2) is 0 Å². The second-order valence-electron chi connectivity index (χ2n) is 6.22. The van der Waals surface area contributed by atoms with E-state index in [9.17, 15) is 14.4 Å². The van der Waals surface area contributed by atoms with Gasteiger partial charge >= 0.3 is 6.03 Å². The molecule has 1 fully saturated rings. The van der Waals surface area contributed by atoms with Gasteiger partial charge in [-0.2, -0.15) is 5.01 Å². The number of pyridine rings is 1. The number of imide groups is 1. The fraction of sp³-hybridized carbons (Fsp3) is 0.222. The minimum atomic E-state index is -1.07. The van der Waals surface area contributed by atoms with Gasteiger partial charge in [-0.3, -0.25) is 20.0 Å². The predicted molar refractivity (Wildman–Crippen MR) is 97.9 cm³/mol. The third kappa shape index (κ3) is 3.75. The van der Waals surface area contributed by atoms with Gasteiger partial charge in [0.05, 0.1) is 5.56 Å². The molecule has 2 heterocycles. The fourth-order valence-electron chi connectivity index (χ4n) is 2.70. The van der Waals surface area contributed by atoms with Crippen molar-refractivity contribution >= 4 is 33.8 Å². The molecule has 26 heavy (non-hydrogen) atoms. The topological polar surface area (TPSA) is 91.4 Å². The number of hydrazine groups is 1. The highest BCUT2D eigenvalue weighted by Crippen LogP contribution is 2.22. The van der Waals surface area contributed by atoms with Gasteiger partial charge in [0.1, 0.15) is 5.54 Å². The van der Waals surface area contributed by atoms with Crippen LogP contribution in [0, 0.1) is 0 Å². The number of carbonyl (C=O) groups is 3. The number of benzene rings is 1. The molecule has 7 nitrogen and oxygen atoms in total. The summed E-state index contributed by atoms with van der Waals surface area (Å²) in [6.45, 7) is 1.66. The zero-order chi connectivity index (χ0) is 18.7. The molecule has 2 aromatic rings. The van der Waals surface area contributed by atoms with E-state index in [-0.39, 0.29) is 5.56 Å². The number of nitrogens with one attached hydrogen (secondary N) is 2. The number of aromatic nitrogens is 1. The van der Waals surface area contributed by atoms with E-state index in [0.29, 0.717) is 17.3 Å². The van der Waals surface area contributed by atoms with E-state index in [2.05, 4.69) is 31.7 Å². The molecule has 3 rings (SSSR count). The third-order valence-corrected chi connectivity index (χ3v) is 4.63. The number of hydrogen-bond donors (Lipinski definition) is 2. The molecule has 1 aliphatic heterocycles. The summed E-state index contributed by atoms with van der Waals surface area (Å²) in [6.07, 6.45) is 3.94. The minimum absolute atomic E-state index is 0.234. The molecule has 1 aromatic carbocycles. The maximum atomic E-state index is 12.7. The summed E-state index contributed by atoms with van der Waals surface area (Å²) in [5, 5.41) is 3.40. The van der Waals surface area contributed by atoms with Crippen LogP contribution >= 0.6 is 15.9 Å². The number of amides is 4. The summed E-state index contributed by atoms with van der Waals surface area (Å²) in [7, 11) is 0. The monoisotopic (exact) mass is 416 g/mol. The molecular formula is C18H17BrN4O3. The van der Waals surface area contributed by atoms with Crippen LogP contribution in [0.5, 0.6) is 0 Å². The number of hydrogen-bond acceptors (Lipinski definition) is 4. The van der Waals surface area contributed by atoms with Gasteiger partial charge in [-0.05, 0) is 47.3 Å². The molecule has 0 unspecified atom stereocenters. The summed E-state index contributed by atoms with van der Waals surface area (Å²) in [4.78, 5) is 41.1. The maximum absolute atomic E-state index is 12.7. The molecule has 1 saturated heterocycles. The van der Waals surface area contributed by atoms with Crippen molar-refractivity contribution in [3.05, 3.63) is 64.4 Å². The highest BCUT2D eigenvalue weighted by Gasteiger charge is 2.48. The van der Waals surface area contributed by atoms with Gasteiger partial charge < -0.3 is 5.32 Å². The summed E-state index contributed by atoms with van der Waals surface area (Å²) in [6, 6.07) is 10.6. The Bertz CT molecular complexity index is 859. The van der Waals surface area contributed by atoms with Gasteiger partial charge in [-0.1, -0.05) is 30.3 Å². The zero-order valence-electron chi connectivity index (χ0n) is 14.0. The Morgan fingerprint density at radius 1 is 1.27 bits per heavy atom. The summed E-state index contributed by atoms with van der Waals surface area (Å²) >= 11 is 3.23. The Hall–Kier alpha value is -2.74. The molecule has 1 aromatic heterocycles. The second-order valence-corrected chi connectivity index (χ2v) is 7.14. The number of urea groups is 1. The van der Waals surface area contributed by atoms with Crippen molar-refractivity contribution in [3.8, 4) is 0 Å². The lowest BCUT2D eigenvalue weighted by atomic mass is 9.93. The van der Waals surface area contributed by atoms with Crippen molar-refractivity contribution in [1.29, 1.82) is 0 Å². The predicted octanol–water partition coefficient (Wildman–Crippen LogP) is 2.43. The van der Waals surface area contributed by atoms with Crippen molar-refractivity contribution in [2.45, 2.75) is 25.3 Å². The van der Waals surface area contributed by atoms with Crippen LogP contribution in [0.1, 0.15) is 29.3 Å². The van der Waals surface area contributed by atoms with E-state index in [4.69, 9.17) is 0 Å². The average Bonchev–Trinajstić information content (AvgIpc) is 2.84. The van der Waals surface area contributed by atoms with Gasteiger partial charge in [-0.15, -0.1) is 0 Å². The molecule has 0 bridgehead atoms. The van der Waals surface area contributed by atoms with Crippen LogP contribution in [0.15, 0.2) is 53.3 Å². The number of nitrogens with zero attached hydrogens (tertiary/aromatic N) is 2. The highest BCUT2D eigenvalue weighted by molar-refractivity contribution is 9.10. The van der Waals surface area contributed by atoms with E-state index < -0.39 is 23.4 Å². The SMILES string of the molecule is C[C@]1(CCc2ccccc2)NC(=O)N(NC(=O)c2cncc(Br)c2)C1=O. The van der Waals surface area contributed by atoms with Crippen LogP contribution in [0.25, 0.3) is 0 Å². The van der Waals surface area contributed by atoms with Crippen molar-refractivity contribution in [3.63, 3.8) is 0 Å². The molecule has 134 valence electrons. The largest absolute Gasteiger partial charge is 0.344 e. The third-order valence-electron chi connectivity index (χ3n) is 4.20. The van der Waals surface area contributed by atoms with Crippen molar-refractivity contribution in [2.75, 3.05) is 0 Å². The lowest BCUT2D eigenvalue weighted by molar-refractivity contribution is -0.132. The summed E-state index contributed by atoms with van der Waals surface area (Å²) in [5.41, 5.74) is 2.58. The zero-order valence-corrected chi connectivity index (χ0v) is 15.6. The highest BCUT2D eigenvalue weighted by atomic mass is 79.9. The van der Waals surface area contributed by atoms with Crippen molar-refractivity contribution in [2.24, 2.45) is 0 Å². The lowest BCUT2D eigenvalue weighted by Crippen LogP contribution is -2.49. The van der Waals surface area contributed by atoms with E-state index in [1.54, 1.807) is 13.0 Å². The fourth-order valence-corrected chi connectivity index (χ4v) is 3.06. The summed E-state index contributed by atoms with van der Waals surface area (Å²) < 4.78 is 0.620. The van der Waals surface area contributed by atoms with Gasteiger partial charge in [-0.25, -0.2) is 4.79 Å². The van der Waals surface area contributed by atoms with E-state index in [1.165, 1.54) is 12.4 Å². The Balaban J connectivity index is 1.69. The van der Waals surface area contributed by atoms with E-state index >= 15 is 0 Å². The minimum Gasteiger partial charge on any atom is -0.322 e. The molecule has 0 saturated carbocycles. The van der Waals surface area contributed by atoms with Gasteiger partial charge in [0.25, 0.3) is 11.8 Å². The normalized spacial score (nSPS) is 19.4. The van der Waals surface area contributed by atoms with E-state index in [1.807, 2.05) is 30.3 Å². The van der Waals surface area contributed by atoms with Crippen LogP contribution in [0.4, 0.5) is 4.79 Å². The standard InChI is InChI=1S/C18H17BrN4O3/c1-18(8-7-12-5-3-2-4-6-12)16(25)23(17(26)21-18)22-15(24)13-9-14(19)11-20-10-13/h2-6,9-11H,7-8H2,1H3,(H,21,26)(H,22,24)/t18-/m1/s1. The Morgan fingerprint density at radius 3 is 2.69 bits per heavy atom. The first kappa shape index (κ1) is 18.1. The number of carbonyl (C=O) groups excluding carboxylic acids is 3. The average molecular weight is 417 g/mol. The second kappa shape index (κ2) is 7.25. The Labute approximate surface area is 158 Å². The first-order chi connectivity index (χ1) is 12.4. The van der Waals surface area contributed by atoms with Crippen LogP contribution in [0.3, 0.4) is 0 Å². The molecular weight excluding hydrogens is 400 g/mol. The van der Waals surface area contributed by atoms with Crippen LogP contribution in [-0.4, -0.2) is 33.4 Å². The Kier molecular flexibility index (Phi) is 5.03. The van der Waals surface area contributed by atoms with Crippen LogP contribution < -0.4 is 10.7 Å². The number of halogens is 1. The maximum Gasteiger partial charge on any atom is 0.344 e. The van der Waals surface area contributed by atoms with Crippen molar-refractivity contribution in [1.82, 2.24) is 20.7 Å². The first-order valence-corrected chi connectivity index (χ1v) is 8.80. The quantitative estimate of drug-likeness (QED) is 0.732. The smallest absolute Gasteiger partial charge is 0.322 e. The molecule has 4 amide bonds. The van der Waals surface area contributed by atoms with Crippen LogP contribution in [0.2, 0.25) is 0 Å². The van der Waals surface area contributed by atoms with Gasteiger partial charge in [0.2, 0.25) is 0 Å². The molecule has 0 radical (unpaired) electrons. The molecule has 2 N–H and O–H groups in total. The number of rotatable bonds is 5. The van der Waals surface area contributed by atoms with Gasteiger partial charge in [0, 0.05) is 16.9 Å². The van der Waals surface area contributed by atoms with E-state index in [0.717, 1.165) is 10.6 Å². The molecule has 1 atom stereocenters. The lowest BCUT2D eigenvalue weighted by Gasteiger charge is -2.21. The van der Waals surface area contributed by atoms with Crippen LogP contribution in [-0.2, 0) is 11.2 Å². The Morgan fingerprint density at radius 2 is 2.00 bits per heavy atom. The first-order valence-electron chi connectivity index (χ1n) is 8.01. The molecule has 8 heteroatoms. The molecule has 1 aliphatic rings. The number of aryl methyl sites for hydroxylation is 1. The summed E-state index contributed by atoms with van der Waals surface area (Å²) in [5.74, 6) is -1.08.